The Bertz CT molecular complexity index is 932. The maximum Gasteiger partial charge on any atom is 0.122 e. The Hall–Kier alpha value is -1.83. The molecule has 1 heterocycles. The van der Waals surface area contributed by atoms with Gasteiger partial charge >= 0.3 is 0 Å². The van der Waals surface area contributed by atoms with Crippen LogP contribution in [0.1, 0.15) is 33.9 Å². The lowest BCUT2D eigenvalue weighted by Crippen LogP contribution is -2.55. The predicted molar refractivity (Wildman–Crippen MR) is 112 cm³/mol. The largest absolute Gasteiger partial charge is 0.496 e. The molecule has 0 amide bonds. The van der Waals surface area contributed by atoms with Crippen LogP contribution in [-0.4, -0.2) is 74.3 Å². The second-order valence-electron chi connectivity index (χ2n) is 8.21. The Balaban J connectivity index is 1.62. The molecule has 2 aliphatic rings. The average molecular weight is 406 g/mol. The number of ether oxygens (including phenoxy) is 2. The molecule has 4 radical (unpaired) electrons. The van der Waals surface area contributed by atoms with E-state index in [9.17, 15) is 20.4 Å². The van der Waals surface area contributed by atoms with Gasteiger partial charge in [0.15, 0.2) is 0 Å². The van der Waals surface area contributed by atoms with Gasteiger partial charge in [-0.1, -0.05) is 35.0 Å². The normalized spacial score (nSPS) is 29.7. The van der Waals surface area contributed by atoms with Gasteiger partial charge in [-0.05, 0) is 40.8 Å². The van der Waals surface area contributed by atoms with Crippen LogP contribution in [0, 0.1) is 0 Å². The minimum absolute atomic E-state index is 0.469. The van der Waals surface area contributed by atoms with Crippen LogP contribution in [0.25, 0.3) is 0 Å². The summed E-state index contributed by atoms with van der Waals surface area (Å²) in [6, 6.07) is 11.4. The number of hydrogen-bond acceptors (Lipinski definition) is 6. The van der Waals surface area contributed by atoms with Crippen molar-refractivity contribution in [3.63, 3.8) is 0 Å². The maximum absolute atomic E-state index is 10.4. The molecule has 6 nitrogen and oxygen atoms in total. The zero-order chi connectivity index (χ0) is 21.6. The highest BCUT2D eigenvalue weighted by molar-refractivity contribution is 6.41. The van der Waals surface area contributed by atoms with Crippen molar-refractivity contribution in [2.24, 2.45) is 0 Å². The molecule has 2 aromatic carbocycles. The van der Waals surface area contributed by atoms with Crippen LogP contribution in [0.5, 0.6) is 5.75 Å². The SMILES string of the molecule is [B]C1([B])Cc2cc(Cc3cc([C@@H]4O[C@H](CO)[C@@H](O)[C@H](O)[C@H]4O)ccc3OC)ccc21. The van der Waals surface area contributed by atoms with E-state index in [0.29, 0.717) is 24.2 Å². The fourth-order valence-corrected chi connectivity index (χ4v) is 4.37. The maximum atomic E-state index is 10.4. The molecule has 4 rings (SSSR count). The number of benzene rings is 2. The van der Waals surface area contributed by atoms with E-state index >= 15 is 0 Å². The molecule has 154 valence electrons. The van der Waals surface area contributed by atoms with Crippen molar-refractivity contribution in [3.8, 4) is 5.75 Å². The van der Waals surface area contributed by atoms with Crippen LogP contribution in [-0.2, 0) is 22.8 Å². The molecular formula is C22H24B2O6. The van der Waals surface area contributed by atoms with E-state index in [1.165, 1.54) is 0 Å². The molecule has 0 unspecified atom stereocenters. The van der Waals surface area contributed by atoms with Crippen LogP contribution in [0.3, 0.4) is 0 Å². The first-order chi connectivity index (χ1) is 14.2. The summed E-state index contributed by atoms with van der Waals surface area (Å²) in [5.41, 5.74) is 4.64. The Kier molecular flexibility index (Phi) is 5.72. The Morgan fingerprint density at radius 3 is 2.47 bits per heavy atom. The van der Waals surface area contributed by atoms with E-state index in [4.69, 9.17) is 25.2 Å². The fraction of sp³-hybridized carbons (Fsp3) is 0.455. The van der Waals surface area contributed by atoms with Crippen LogP contribution in [0.15, 0.2) is 36.4 Å². The van der Waals surface area contributed by atoms with Gasteiger partial charge in [-0.2, -0.15) is 0 Å². The fourth-order valence-electron chi connectivity index (χ4n) is 4.37. The first-order valence-corrected chi connectivity index (χ1v) is 9.92. The lowest BCUT2D eigenvalue weighted by molar-refractivity contribution is -0.231. The standard InChI is InChI=1S/C22H24B2O6/c1-29-16-5-3-12(21-20(28)19(27)18(26)17(10-25)30-21)8-13(16)6-11-2-4-15-14(7-11)9-22(15,23)24/h2-5,7-8,17-21,25-28H,6,9-10H2,1H3/t17-,18-,19+,20-,21+/m1/s1. The Labute approximate surface area is 178 Å². The number of aliphatic hydroxyl groups excluding tert-OH is 4. The van der Waals surface area contributed by atoms with Gasteiger partial charge in [-0.25, -0.2) is 0 Å². The molecule has 2 aromatic rings. The summed E-state index contributed by atoms with van der Waals surface area (Å²) < 4.78 is 11.2. The minimum atomic E-state index is -1.42. The first-order valence-electron chi connectivity index (χ1n) is 9.92. The van der Waals surface area contributed by atoms with Crippen molar-refractivity contribution in [1.82, 2.24) is 0 Å². The van der Waals surface area contributed by atoms with Crippen molar-refractivity contribution in [1.29, 1.82) is 0 Å². The predicted octanol–water partition coefficient (Wildman–Crippen LogP) is -0.153. The van der Waals surface area contributed by atoms with Crippen molar-refractivity contribution < 1.29 is 29.9 Å². The van der Waals surface area contributed by atoms with Gasteiger partial charge in [0.25, 0.3) is 0 Å². The molecular weight excluding hydrogens is 382 g/mol. The minimum Gasteiger partial charge on any atom is -0.496 e. The third-order valence-corrected chi connectivity index (χ3v) is 6.07. The zero-order valence-electron chi connectivity index (χ0n) is 16.7. The highest BCUT2D eigenvalue weighted by Gasteiger charge is 2.44. The van der Waals surface area contributed by atoms with Crippen molar-refractivity contribution >= 4 is 15.7 Å². The average Bonchev–Trinajstić information content (AvgIpc) is 2.71. The molecule has 4 N–H and O–H groups in total. The summed E-state index contributed by atoms with van der Waals surface area (Å²) in [5.74, 6) is 0.679. The lowest BCUT2D eigenvalue weighted by Gasteiger charge is -2.40. The summed E-state index contributed by atoms with van der Waals surface area (Å²) in [6.07, 6.45) is -4.80. The Morgan fingerprint density at radius 2 is 1.83 bits per heavy atom. The second kappa shape index (κ2) is 8.02. The van der Waals surface area contributed by atoms with Crippen LogP contribution in [0.4, 0.5) is 0 Å². The van der Waals surface area contributed by atoms with Gasteiger partial charge in [0.2, 0.25) is 0 Å². The van der Waals surface area contributed by atoms with Crippen LogP contribution < -0.4 is 4.74 Å². The molecule has 0 bridgehead atoms. The van der Waals surface area contributed by atoms with Crippen molar-refractivity contribution in [2.75, 3.05) is 13.7 Å². The highest BCUT2D eigenvalue weighted by Crippen LogP contribution is 2.38. The monoisotopic (exact) mass is 406 g/mol. The summed E-state index contributed by atoms with van der Waals surface area (Å²) in [5, 5.41) is 39.2. The van der Waals surface area contributed by atoms with Gasteiger partial charge in [0, 0.05) is 6.42 Å². The summed E-state index contributed by atoms with van der Waals surface area (Å²) in [6.45, 7) is -0.469. The van der Waals surface area contributed by atoms with E-state index in [1.807, 2.05) is 18.2 Å². The molecule has 0 spiro atoms. The molecule has 1 saturated heterocycles. The number of hydrogen-bond donors (Lipinski definition) is 4. The Morgan fingerprint density at radius 1 is 1.07 bits per heavy atom. The van der Waals surface area contributed by atoms with E-state index in [2.05, 4.69) is 6.07 Å². The van der Waals surface area contributed by atoms with E-state index in [0.717, 1.165) is 22.3 Å². The third kappa shape index (κ3) is 3.67. The topological polar surface area (TPSA) is 99.4 Å². The van der Waals surface area contributed by atoms with Crippen molar-refractivity contribution in [2.45, 2.75) is 48.6 Å². The summed E-state index contributed by atoms with van der Waals surface area (Å²) in [4.78, 5) is 0. The van der Waals surface area contributed by atoms with E-state index in [-0.39, 0.29) is 0 Å². The highest BCUT2D eigenvalue weighted by atomic mass is 16.5. The van der Waals surface area contributed by atoms with Gasteiger partial charge in [0.05, 0.1) is 29.4 Å². The number of fused-ring (bicyclic) bond motifs is 1. The van der Waals surface area contributed by atoms with Gasteiger partial charge < -0.3 is 29.9 Å². The van der Waals surface area contributed by atoms with E-state index < -0.39 is 42.3 Å². The molecule has 5 atom stereocenters. The smallest absolute Gasteiger partial charge is 0.122 e. The first kappa shape index (κ1) is 21.4. The molecule has 1 aliphatic heterocycles. The lowest BCUT2D eigenvalue weighted by atomic mass is 9.42. The molecule has 30 heavy (non-hydrogen) atoms. The molecule has 0 aromatic heterocycles. The quantitative estimate of drug-likeness (QED) is 0.516. The summed E-state index contributed by atoms with van der Waals surface area (Å²) >= 11 is 0. The molecule has 8 heteroatoms. The third-order valence-electron chi connectivity index (χ3n) is 6.07. The van der Waals surface area contributed by atoms with Gasteiger partial charge in [-0.3, -0.25) is 0 Å². The van der Waals surface area contributed by atoms with E-state index in [1.54, 1.807) is 19.2 Å². The number of aliphatic hydroxyl groups is 4. The molecule has 0 saturated carbocycles. The van der Waals surface area contributed by atoms with Crippen molar-refractivity contribution in [3.05, 3.63) is 64.2 Å². The van der Waals surface area contributed by atoms with Gasteiger partial charge in [0.1, 0.15) is 36.3 Å². The van der Waals surface area contributed by atoms with Crippen LogP contribution in [0.2, 0.25) is 0 Å². The van der Waals surface area contributed by atoms with Gasteiger partial charge in [-0.15, -0.1) is 0 Å². The number of methoxy groups -OCH3 is 1. The molecule has 1 aliphatic carbocycles. The zero-order valence-corrected chi connectivity index (χ0v) is 16.7. The summed E-state index contributed by atoms with van der Waals surface area (Å²) in [7, 11) is 13.6. The van der Waals surface area contributed by atoms with Crippen LogP contribution >= 0.6 is 0 Å². The molecule has 1 fully saturated rings. The number of rotatable bonds is 5. The second-order valence-corrected chi connectivity index (χ2v) is 8.21.